The average molecular weight is 206 g/mol. The molecule has 0 aliphatic carbocycles. The Hall–Kier alpha value is -2.16. The highest BCUT2D eigenvalue weighted by Crippen LogP contribution is 2.10. The van der Waals surface area contributed by atoms with Gasteiger partial charge in [-0.25, -0.2) is 0 Å². The minimum atomic E-state index is -0.905. The van der Waals surface area contributed by atoms with Crippen LogP contribution < -0.4 is 5.32 Å². The van der Waals surface area contributed by atoms with E-state index >= 15 is 0 Å². The highest BCUT2D eigenvalue weighted by molar-refractivity contribution is 5.68. The number of carboxylic acids is 1. The molecule has 0 aliphatic heterocycles. The molecule has 0 amide bonds. The molecule has 1 aromatic heterocycles. The summed E-state index contributed by atoms with van der Waals surface area (Å²) in [7, 11) is 0. The number of hydrogen-bond acceptors (Lipinski definition) is 5. The van der Waals surface area contributed by atoms with Crippen molar-refractivity contribution < 1.29 is 9.90 Å². The fourth-order valence-corrected chi connectivity index (χ4v) is 1.07. The van der Waals surface area contributed by atoms with Crippen LogP contribution in [0.15, 0.2) is 12.3 Å². The molecule has 1 atom stereocenters. The first-order valence-corrected chi connectivity index (χ1v) is 4.33. The Bertz CT molecular complexity index is 399. The molecule has 0 aromatic carbocycles. The third-order valence-corrected chi connectivity index (χ3v) is 1.71. The number of aromatic nitrogens is 2. The van der Waals surface area contributed by atoms with Gasteiger partial charge in [0.1, 0.15) is 6.07 Å². The van der Waals surface area contributed by atoms with Crippen LogP contribution in [-0.2, 0) is 4.79 Å². The van der Waals surface area contributed by atoms with E-state index in [2.05, 4.69) is 15.5 Å². The van der Waals surface area contributed by atoms with E-state index in [1.54, 1.807) is 6.92 Å². The summed E-state index contributed by atoms with van der Waals surface area (Å²) in [5, 5.41) is 27.4. The van der Waals surface area contributed by atoms with Gasteiger partial charge in [0.2, 0.25) is 0 Å². The number of nitrogens with one attached hydrogen (secondary N) is 1. The highest BCUT2D eigenvalue weighted by atomic mass is 16.4. The van der Waals surface area contributed by atoms with Crippen molar-refractivity contribution in [2.24, 2.45) is 0 Å². The molecule has 0 aliphatic rings. The molecule has 1 rings (SSSR count). The van der Waals surface area contributed by atoms with Gasteiger partial charge in [0.15, 0.2) is 5.82 Å². The van der Waals surface area contributed by atoms with Gasteiger partial charge in [0, 0.05) is 6.04 Å². The van der Waals surface area contributed by atoms with E-state index in [0.29, 0.717) is 11.4 Å². The molecule has 0 spiro atoms. The highest BCUT2D eigenvalue weighted by Gasteiger charge is 2.10. The summed E-state index contributed by atoms with van der Waals surface area (Å²) in [5.74, 6) is -0.592. The van der Waals surface area contributed by atoms with Crippen molar-refractivity contribution in [1.29, 1.82) is 5.26 Å². The molecule has 1 aromatic rings. The summed E-state index contributed by atoms with van der Waals surface area (Å²) in [6.45, 7) is 1.70. The zero-order valence-corrected chi connectivity index (χ0v) is 8.14. The molecule has 1 unspecified atom stereocenters. The zero-order valence-electron chi connectivity index (χ0n) is 8.14. The van der Waals surface area contributed by atoms with Gasteiger partial charge < -0.3 is 10.4 Å². The van der Waals surface area contributed by atoms with Crippen LogP contribution in [0.5, 0.6) is 0 Å². The number of anilines is 1. The standard InChI is InChI=1S/C9H10N4O2/c1-6(4-8(14)15)12-9-7(5-10)2-3-11-13-9/h2-3,6H,4H2,1H3,(H,12,13)(H,14,15). The van der Waals surface area contributed by atoms with Gasteiger partial charge in [-0.15, -0.1) is 5.10 Å². The van der Waals surface area contributed by atoms with Crippen LogP contribution in [-0.4, -0.2) is 27.3 Å². The van der Waals surface area contributed by atoms with Crippen LogP contribution in [0.4, 0.5) is 5.82 Å². The Kier molecular flexibility index (Phi) is 3.57. The van der Waals surface area contributed by atoms with E-state index in [9.17, 15) is 4.79 Å². The maximum absolute atomic E-state index is 10.4. The Morgan fingerprint density at radius 2 is 2.53 bits per heavy atom. The monoisotopic (exact) mass is 206 g/mol. The summed E-state index contributed by atoms with van der Waals surface area (Å²) in [6, 6.07) is 3.16. The van der Waals surface area contributed by atoms with Gasteiger partial charge in [0.25, 0.3) is 0 Å². The molecule has 0 radical (unpaired) electrons. The largest absolute Gasteiger partial charge is 0.481 e. The van der Waals surface area contributed by atoms with Gasteiger partial charge in [-0.3, -0.25) is 4.79 Å². The third-order valence-electron chi connectivity index (χ3n) is 1.71. The Morgan fingerprint density at radius 1 is 1.80 bits per heavy atom. The Balaban J connectivity index is 2.72. The van der Waals surface area contributed by atoms with Gasteiger partial charge in [-0.05, 0) is 13.0 Å². The topological polar surface area (TPSA) is 98.9 Å². The fourth-order valence-electron chi connectivity index (χ4n) is 1.07. The van der Waals surface area contributed by atoms with Crippen molar-refractivity contribution in [3.8, 4) is 6.07 Å². The van der Waals surface area contributed by atoms with E-state index in [1.165, 1.54) is 12.3 Å². The van der Waals surface area contributed by atoms with E-state index in [-0.39, 0.29) is 12.5 Å². The number of nitriles is 1. The van der Waals surface area contributed by atoms with E-state index in [4.69, 9.17) is 10.4 Å². The van der Waals surface area contributed by atoms with E-state index < -0.39 is 5.97 Å². The fraction of sp³-hybridized carbons (Fsp3) is 0.333. The average Bonchev–Trinajstić information content (AvgIpc) is 2.17. The normalized spacial score (nSPS) is 11.5. The second kappa shape index (κ2) is 4.91. The molecule has 6 nitrogen and oxygen atoms in total. The number of carbonyl (C=O) groups is 1. The molecule has 6 heteroatoms. The number of nitrogens with zero attached hydrogens (tertiary/aromatic N) is 3. The first kappa shape index (κ1) is 10.9. The van der Waals surface area contributed by atoms with Crippen LogP contribution in [0.1, 0.15) is 18.9 Å². The molecule has 0 fully saturated rings. The quantitative estimate of drug-likeness (QED) is 0.749. The zero-order chi connectivity index (χ0) is 11.3. The Morgan fingerprint density at radius 3 is 3.13 bits per heavy atom. The lowest BCUT2D eigenvalue weighted by atomic mass is 10.2. The van der Waals surface area contributed by atoms with Crippen molar-refractivity contribution in [2.75, 3.05) is 5.32 Å². The first-order chi connectivity index (χ1) is 7.13. The number of carboxylic acid groups (broad SMARTS) is 1. The summed E-state index contributed by atoms with van der Waals surface area (Å²) < 4.78 is 0. The molecular weight excluding hydrogens is 196 g/mol. The molecule has 78 valence electrons. The van der Waals surface area contributed by atoms with Crippen LogP contribution in [0, 0.1) is 11.3 Å². The molecule has 15 heavy (non-hydrogen) atoms. The SMILES string of the molecule is CC(CC(=O)O)Nc1nnccc1C#N. The second-order valence-corrected chi connectivity index (χ2v) is 3.05. The lowest BCUT2D eigenvalue weighted by Crippen LogP contribution is -2.20. The number of aliphatic carboxylic acids is 1. The summed E-state index contributed by atoms with van der Waals surface area (Å²) in [6.07, 6.45) is 1.37. The maximum Gasteiger partial charge on any atom is 0.305 e. The van der Waals surface area contributed by atoms with Crippen molar-refractivity contribution >= 4 is 11.8 Å². The molecule has 0 saturated carbocycles. The minimum Gasteiger partial charge on any atom is -0.481 e. The third kappa shape index (κ3) is 3.23. The number of rotatable bonds is 4. The van der Waals surface area contributed by atoms with Crippen LogP contribution in [0.3, 0.4) is 0 Å². The van der Waals surface area contributed by atoms with Crippen LogP contribution in [0.2, 0.25) is 0 Å². The van der Waals surface area contributed by atoms with Crippen molar-refractivity contribution in [3.05, 3.63) is 17.8 Å². The Labute approximate surface area is 86.6 Å². The van der Waals surface area contributed by atoms with Gasteiger partial charge in [0.05, 0.1) is 18.2 Å². The molecule has 0 saturated heterocycles. The van der Waals surface area contributed by atoms with Crippen molar-refractivity contribution in [1.82, 2.24) is 10.2 Å². The van der Waals surface area contributed by atoms with E-state index in [0.717, 1.165) is 0 Å². The smallest absolute Gasteiger partial charge is 0.305 e. The van der Waals surface area contributed by atoms with Crippen LogP contribution in [0.25, 0.3) is 0 Å². The predicted molar refractivity (Wildman–Crippen MR) is 52.1 cm³/mol. The summed E-state index contributed by atoms with van der Waals surface area (Å²) in [5.41, 5.74) is 0.349. The summed E-state index contributed by atoms with van der Waals surface area (Å²) >= 11 is 0. The number of hydrogen-bond donors (Lipinski definition) is 2. The van der Waals surface area contributed by atoms with E-state index in [1.807, 2.05) is 6.07 Å². The minimum absolute atomic E-state index is 0.0402. The predicted octanol–water partition coefficient (Wildman–Crippen LogP) is 0.623. The van der Waals surface area contributed by atoms with Gasteiger partial charge >= 0.3 is 5.97 Å². The lowest BCUT2D eigenvalue weighted by molar-refractivity contribution is -0.137. The lowest BCUT2D eigenvalue weighted by Gasteiger charge is -2.11. The van der Waals surface area contributed by atoms with Crippen molar-refractivity contribution in [2.45, 2.75) is 19.4 Å². The van der Waals surface area contributed by atoms with Crippen molar-refractivity contribution in [3.63, 3.8) is 0 Å². The summed E-state index contributed by atoms with van der Waals surface area (Å²) in [4.78, 5) is 10.4. The van der Waals surface area contributed by atoms with Gasteiger partial charge in [-0.1, -0.05) is 0 Å². The first-order valence-electron chi connectivity index (χ1n) is 4.33. The molecular formula is C9H10N4O2. The molecule has 2 N–H and O–H groups in total. The molecule has 0 bridgehead atoms. The molecule has 1 heterocycles. The maximum atomic E-state index is 10.4. The van der Waals surface area contributed by atoms with Gasteiger partial charge in [-0.2, -0.15) is 10.4 Å². The second-order valence-electron chi connectivity index (χ2n) is 3.05. The van der Waals surface area contributed by atoms with Crippen LogP contribution >= 0.6 is 0 Å².